The van der Waals surface area contributed by atoms with Gasteiger partial charge in [0.15, 0.2) is 0 Å². The first-order chi connectivity index (χ1) is 23.5. The molecule has 0 amide bonds. The second-order valence-electron chi connectivity index (χ2n) is 11.6. The first kappa shape index (κ1) is 29.0. The number of nitrogens with zero attached hydrogens (tertiary/aromatic N) is 4. The molecule has 0 N–H and O–H groups in total. The average Bonchev–Trinajstić information content (AvgIpc) is 3.62. The van der Waals surface area contributed by atoms with Gasteiger partial charge in [-0.2, -0.15) is 0 Å². The lowest BCUT2D eigenvalue weighted by Gasteiger charge is -2.13. The monoisotopic (exact) mass is 632 g/mol. The zero-order valence-corrected chi connectivity index (χ0v) is 27.1. The Labute approximate surface area is 276 Å². The Morgan fingerprint density at radius 1 is 0.894 bits per heavy atom. The number of para-hydroxylation sites is 2. The van der Waals surface area contributed by atoms with E-state index in [2.05, 4.69) is 17.6 Å². The fourth-order valence-corrected chi connectivity index (χ4v) is 5.65. The van der Waals surface area contributed by atoms with E-state index in [1.807, 2.05) is 44.3 Å². The number of aromatic nitrogens is 4. The largest absolute Gasteiger partial charge is 0.511 e. The van der Waals surface area contributed by atoms with E-state index >= 15 is 0 Å². The van der Waals surface area contributed by atoms with Crippen LogP contribution in [-0.4, -0.2) is 44.1 Å². The summed E-state index contributed by atoms with van der Waals surface area (Å²) in [6.45, 7) is 4.87. The van der Waals surface area contributed by atoms with Crippen LogP contribution in [0.25, 0.3) is 44.6 Å². The van der Waals surface area contributed by atoms with Crippen molar-refractivity contribution in [2.24, 2.45) is 7.05 Å². The van der Waals surface area contributed by atoms with Crippen molar-refractivity contribution in [3.8, 4) is 22.5 Å². The van der Waals surface area contributed by atoms with Crippen LogP contribution in [0.5, 0.6) is 0 Å². The van der Waals surface area contributed by atoms with Crippen LogP contribution in [0, 0.1) is 6.92 Å². The van der Waals surface area contributed by atoms with Gasteiger partial charge in [-0.05, 0) is 79.8 Å². The first-order valence-electron chi connectivity index (χ1n) is 16.6. The van der Waals surface area contributed by atoms with Crippen molar-refractivity contribution >= 4 is 34.2 Å². The Morgan fingerprint density at radius 3 is 2.38 bits per heavy atom. The lowest BCUT2D eigenvalue weighted by atomic mass is 9.98. The number of hydrogen-bond acceptors (Lipinski definition) is 7. The molecule has 0 aliphatic carbocycles. The highest BCUT2D eigenvalue weighted by molar-refractivity contribution is 5.97. The van der Waals surface area contributed by atoms with E-state index in [0.29, 0.717) is 34.5 Å². The summed E-state index contributed by atoms with van der Waals surface area (Å²) in [5.41, 5.74) is 7.14. The van der Waals surface area contributed by atoms with Gasteiger partial charge in [-0.1, -0.05) is 61.5 Å². The van der Waals surface area contributed by atoms with Crippen molar-refractivity contribution in [3.63, 3.8) is 0 Å². The van der Waals surface area contributed by atoms with Crippen molar-refractivity contribution in [2.45, 2.75) is 53.1 Å². The van der Waals surface area contributed by atoms with Gasteiger partial charge in [0.2, 0.25) is 6.79 Å². The minimum atomic E-state index is -1.96. The molecule has 47 heavy (non-hydrogen) atoms. The summed E-state index contributed by atoms with van der Waals surface area (Å²) in [5.74, 6) is 0.776. The number of carbonyl (C=O) groups is 2. The molecule has 2 aromatic heterocycles. The molecule has 4 aromatic carbocycles. The Morgan fingerprint density at radius 2 is 1.64 bits per heavy atom. The minimum Gasteiger partial charge on any atom is -0.431 e. The molecule has 240 valence electrons. The molecule has 0 saturated carbocycles. The molecule has 9 heteroatoms. The summed E-state index contributed by atoms with van der Waals surface area (Å²) in [4.78, 5) is 34.4. The predicted molar refractivity (Wildman–Crippen MR) is 182 cm³/mol. The van der Waals surface area contributed by atoms with E-state index in [0.717, 1.165) is 39.9 Å². The third-order valence-corrected chi connectivity index (χ3v) is 7.82. The maximum absolute atomic E-state index is 12.9. The molecule has 0 aliphatic rings. The number of esters is 1. The fraction of sp³-hybridized carbons (Fsp3) is 0.263. The summed E-state index contributed by atoms with van der Waals surface area (Å²) < 4.78 is 37.6. The lowest BCUT2D eigenvalue weighted by Crippen LogP contribution is -2.17. The van der Waals surface area contributed by atoms with Crippen molar-refractivity contribution in [1.82, 2.24) is 19.1 Å². The molecule has 2 heterocycles. The van der Waals surface area contributed by atoms with Crippen molar-refractivity contribution in [2.75, 3.05) is 6.79 Å². The van der Waals surface area contributed by atoms with Crippen molar-refractivity contribution in [3.05, 3.63) is 107 Å². The molecule has 0 radical (unpaired) electrons. The second kappa shape index (κ2) is 13.5. The summed E-state index contributed by atoms with van der Waals surface area (Å²) in [7, 11) is 1.99. The van der Waals surface area contributed by atoms with Gasteiger partial charge in [0.25, 0.3) is 0 Å². The molecule has 9 nitrogen and oxygen atoms in total. The maximum Gasteiger partial charge on any atom is 0.511 e. The Balaban J connectivity index is 1.34. The van der Waals surface area contributed by atoms with Crippen LogP contribution in [0.15, 0.2) is 84.9 Å². The normalized spacial score (nSPS) is 12.3. The maximum atomic E-state index is 12.9. The van der Waals surface area contributed by atoms with Crippen LogP contribution < -0.4 is 0 Å². The van der Waals surface area contributed by atoms with Crippen LogP contribution >= 0.6 is 0 Å². The lowest BCUT2D eigenvalue weighted by molar-refractivity contribution is -0.0344. The third-order valence-electron chi connectivity index (χ3n) is 7.82. The highest BCUT2D eigenvalue weighted by Gasteiger charge is 2.18. The van der Waals surface area contributed by atoms with Gasteiger partial charge in [0, 0.05) is 25.5 Å². The average molecular weight is 633 g/mol. The molecule has 0 saturated heterocycles. The van der Waals surface area contributed by atoms with E-state index in [1.165, 1.54) is 0 Å². The van der Waals surface area contributed by atoms with E-state index in [9.17, 15) is 12.3 Å². The Hall–Kier alpha value is -5.44. The first-order valence-corrected chi connectivity index (χ1v) is 15.6. The Bertz CT molecular complexity index is 2170. The quantitative estimate of drug-likeness (QED) is 0.111. The number of rotatable bonds is 10. The molecule has 0 unspecified atom stereocenters. The number of hydrogen-bond donors (Lipinski definition) is 0. The summed E-state index contributed by atoms with van der Waals surface area (Å²) in [5, 5.41) is 0. The van der Waals surface area contributed by atoms with Gasteiger partial charge in [-0.25, -0.2) is 19.6 Å². The molecule has 0 bridgehead atoms. The molecule has 0 aliphatic heterocycles. The highest BCUT2D eigenvalue weighted by Crippen LogP contribution is 2.31. The van der Waals surface area contributed by atoms with Crippen LogP contribution in [-0.2, 0) is 34.2 Å². The molecule has 0 fully saturated rings. The Kier molecular flexibility index (Phi) is 8.33. The SMILES string of the molecule is [2H]C([2H])(c1ccc(-c2ccccc2C(=O)OCOC(=O)OC(C)C)cc1)n1c(CCC)nc2c(C)cc(-c3nc4ccccc4n3C)cc21. The zero-order valence-electron chi connectivity index (χ0n) is 29.1. The van der Waals surface area contributed by atoms with Crippen molar-refractivity contribution in [1.29, 1.82) is 0 Å². The molecular weight excluding hydrogens is 592 g/mol. The zero-order chi connectivity index (χ0) is 34.9. The molecule has 0 spiro atoms. The van der Waals surface area contributed by atoms with Gasteiger partial charge in [-0.15, -0.1) is 0 Å². The van der Waals surface area contributed by atoms with Crippen LogP contribution in [0.4, 0.5) is 4.79 Å². The van der Waals surface area contributed by atoms with Gasteiger partial charge in [0.05, 0.1) is 36.5 Å². The van der Waals surface area contributed by atoms with E-state index in [-0.39, 0.29) is 11.7 Å². The van der Waals surface area contributed by atoms with E-state index in [4.69, 9.17) is 24.2 Å². The molecule has 0 atom stereocenters. The number of imidazole rings is 2. The molecular formula is C38H38N4O5. The summed E-state index contributed by atoms with van der Waals surface area (Å²) >= 11 is 0. The number of fused-ring (bicyclic) bond motifs is 2. The number of carbonyl (C=O) groups excluding carboxylic acids is 2. The molecule has 6 aromatic rings. The summed E-state index contributed by atoms with van der Waals surface area (Å²) in [6, 6.07) is 26.0. The minimum absolute atomic E-state index is 0.273. The number of aryl methyl sites for hydroxylation is 3. The smallest absolute Gasteiger partial charge is 0.431 e. The predicted octanol–water partition coefficient (Wildman–Crippen LogP) is 8.24. The van der Waals surface area contributed by atoms with Crippen molar-refractivity contribution < 1.29 is 26.5 Å². The van der Waals surface area contributed by atoms with Crippen LogP contribution in [0.3, 0.4) is 0 Å². The third kappa shape index (κ3) is 6.60. The number of benzene rings is 4. The van der Waals surface area contributed by atoms with Crippen LogP contribution in [0.2, 0.25) is 0 Å². The topological polar surface area (TPSA) is 97.5 Å². The fourth-order valence-electron chi connectivity index (χ4n) is 5.65. The summed E-state index contributed by atoms with van der Waals surface area (Å²) in [6.07, 6.45) is 0.108. The van der Waals surface area contributed by atoms with Crippen LogP contribution in [0.1, 0.15) is 57.2 Å². The van der Waals surface area contributed by atoms with Gasteiger partial charge < -0.3 is 23.3 Å². The van der Waals surface area contributed by atoms with E-state index < -0.39 is 25.4 Å². The number of ether oxygens (including phenoxy) is 3. The standard InChI is InChI=1S/C38H38N4O5/c1-6-11-34-40-35-25(4)20-28(36-39-31-14-9-10-15-32(31)41(36)5)21-33(35)42(34)22-26-16-18-27(19-17-26)29-12-7-8-13-30(29)37(43)45-23-46-38(44)47-24(2)3/h7-10,12-21,24H,6,11,22-23H2,1-5H3/i22D2. The van der Waals surface area contributed by atoms with E-state index in [1.54, 1.807) is 66.9 Å². The highest BCUT2D eigenvalue weighted by atomic mass is 16.8. The second-order valence-corrected chi connectivity index (χ2v) is 11.6. The molecule has 6 rings (SSSR count). The van der Waals surface area contributed by atoms with Gasteiger partial charge >= 0.3 is 12.1 Å². The van der Waals surface area contributed by atoms with Gasteiger partial charge in [-0.3, -0.25) is 0 Å². The van der Waals surface area contributed by atoms with Gasteiger partial charge in [0.1, 0.15) is 11.6 Å².